The molecule has 3 aromatic heterocycles. The quantitative estimate of drug-likeness (QED) is 0.386. The Hall–Kier alpha value is -4.10. The Morgan fingerprint density at radius 3 is 2.81 bits per heavy atom. The largest absolute Gasteiger partial charge is 0.494 e. The first kappa shape index (κ1) is 21.1. The zero-order valence-electron chi connectivity index (χ0n) is 18.3. The van der Waals surface area contributed by atoms with E-state index in [-0.39, 0.29) is 6.04 Å². The summed E-state index contributed by atoms with van der Waals surface area (Å²) in [5, 5.41) is 16.6. The fraction of sp³-hybridized carbons (Fsp3) is 0.273. The predicted molar refractivity (Wildman–Crippen MR) is 122 cm³/mol. The van der Waals surface area contributed by atoms with Gasteiger partial charge in [-0.1, -0.05) is 0 Å². The molecule has 10 nitrogen and oxygen atoms in total. The number of nitriles is 1. The van der Waals surface area contributed by atoms with Gasteiger partial charge in [-0.25, -0.2) is 4.98 Å². The molecule has 32 heavy (non-hydrogen) atoms. The van der Waals surface area contributed by atoms with E-state index in [2.05, 4.69) is 36.6 Å². The number of hydrogen-bond acceptors (Lipinski definition) is 8. The van der Waals surface area contributed by atoms with Crippen molar-refractivity contribution in [2.45, 2.75) is 19.9 Å². The third kappa shape index (κ3) is 4.06. The lowest BCUT2D eigenvalue weighted by Gasteiger charge is -2.16. The van der Waals surface area contributed by atoms with Crippen LogP contribution in [0.3, 0.4) is 0 Å². The van der Waals surface area contributed by atoms with Crippen molar-refractivity contribution in [3.05, 3.63) is 48.2 Å². The smallest absolute Gasteiger partial charge is 0.231 e. The molecule has 3 heterocycles. The molecule has 1 aromatic carbocycles. The standard InChI is InChI=1S/C22H24N8O2/c1-13(12-31-3)26-21-19-15(10-23)11-25-20(19)28-22(29-21)27-17-6-5-16(9-18(17)32-4)30-8-7-24-14(30)2/h5-9,11,13H,12H2,1-4H3,(H3,25,26,27,28,29)/t13-/m1/s1. The van der Waals surface area contributed by atoms with Crippen molar-refractivity contribution in [1.82, 2.24) is 24.5 Å². The molecule has 0 bridgehead atoms. The normalized spacial score (nSPS) is 11.8. The Balaban J connectivity index is 1.71. The van der Waals surface area contributed by atoms with Gasteiger partial charge in [0.25, 0.3) is 0 Å². The van der Waals surface area contributed by atoms with Gasteiger partial charge in [0.2, 0.25) is 5.95 Å². The van der Waals surface area contributed by atoms with E-state index in [1.807, 2.05) is 42.8 Å². The van der Waals surface area contributed by atoms with E-state index >= 15 is 0 Å². The van der Waals surface area contributed by atoms with Crippen molar-refractivity contribution in [2.75, 3.05) is 31.5 Å². The minimum Gasteiger partial charge on any atom is -0.494 e. The number of aromatic nitrogens is 5. The van der Waals surface area contributed by atoms with Crippen LogP contribution in [0, 0.1) is 18.3 Å². The molecule has 10 heteroatoms. The van der Waals surface area contributed by atoms with E-state index in [0.29, 0.717) is 46.4 Å². The zero-order valence-corrected chi connectivity index (χ0v) is 18.3. The van der Waals surface area contributed by atoms with Crippen molar-refractivity contribution >= 4 is 28.5 Å². The molecule has 0 saturated heterocycles. The fourth-order valence-corrected chi connectivity index (χ4v) is 3.51. The SMILES string of the molecule is COC[C@@H](C)Nc1nc(Nc2ccc(-n3ccnc3C)cc2OC)nc2[nH]cc(C#N)c12. The summed E-state index contributed by atoms with van der Waals surface area (Å²) in [5.74, 6) is 2.42. The molecule has 0 aliphatic rings. The van der Waals surface area contributed by atoms with Crippen molar-refractivity contribution in [2.24, 2.45) is 0 Å². The Bertz CT molecular complexity index is 1290. The highest BCUT2D eigenvalue weighted by atomic mass is 16.5. The van der Waals surface area contributed by atoms with Crippen LogP contribution in [0.2, 0.25) is 0 Å². The molecular formula is C22H24N8O2. The Morgan fingerprint density at radius 2 is 2.12 bits per heavy atom. The molecule has 4 rings (SSSR count). The predicted octanol–water partition coefficient (Wildman–Crippen LogP) is 3.52. The Morgan fingerprint density at radius 1 is 1.28 bits per heavy atom. The first-order valence-electron chi connectivity index (χ1n) is 10.0. The minimum absolute atomic E-state index is 0.0142. The molecule has 0 unspecified atom stereocenters. The molecule has 1 atom stereocenters. The fourth-order valence-electron chi connectivity index (χ4n) is 3.51. The molecule has 0 saturated carbocycles. The number of benzene rings is 1. The van der Waals surface area contributed by atoms with Gasteiger partial charge in [-0.3, -0.25) is 0 Å². The number of rotatable bonds is 8. The van der Waals surface area contributed by atoms with Gasteiger partial charge in [-0.15, -0.1) is 0 Å². The van der Waals surface area contributed by atoms with Gasteiger partial charge in [0, 0.05) is 37.8 Å². The van der Waals surface area contributed by atoms with Crippen molar-refractivity contribution in [1.29, 1.82) is 5.26 Å². The number of nitrogens with zero attached hydrogens (tertiary/aromatic N) is 5. The van der Waals surface area contributed by atoms with Crippen LogP contribution in [-0.2, 0) is 4.74 Å². The Kier molecular flexibility index (Phi) is 5.91. The number of fused-ring (bicyclic) bond motifs is 1. The van der Waals surface area contributed by atoms with Gasteiger partial charge in [-0.05, 0) is 26.0 Å². The van der Waals surface area contributed by atoms with E-state index in [9.17, 15) is 5.26 Å². The number of aryl methyl sites for hydroxylation is 1. The van der Waals surface area contributed by atoms with E-state index in [4.69, 9.17) is 9.47 Å². The number of methoxy groups -OCH3 is 2. The van der Waals surface area contributed by atoms with Crippen LogP contribution in [0.5, 0.6) is 5.75 Å². The summed E-state index contributed by atoms with van der Waals surface area (Å²) in [6.07, 6.45) is 5.27. The maximum Gasteiger partial charge on any atom is 0.231 e. The molecule has 4 aromatic rings. The first-order chi connectivity index (χ1) is 15.5. The van der Waals surface area contributed by atoms with Gasteiger partial charge >= 0.3 is 0 Å². The number of anilines is 3. The summed E-state index contributed by atoms with van der Waals surface area (Å²) >= 11 is 0. The first-order valence-corrected chi connectivity index (χ1v) is 10.0. The van der Waals surface area contributed by atoms with Gasteiger partial charge in [0.15, 0.2) is 0 Å². The highest BCUT2D eigenvalue weighted by molar-refractivity contribution is 5.93. The molecule has 0 spiro atoms. The average Bonchev–Trinajstić information content (AvgIpc) is 3.40. The lowest BCUT2D eigenvalue weighted by atomic mass is 10.2. The van der Waals surface area contributed by atoms with Gasteiger partial charge in [0.1, 0.15) is 29.1 Å². The maximum absolute atomic E-state index is 9.47. The number of aromatic amines is 1. The van der Waals surface area contributed by atoms with Crippen LogP contribution in [-0.4, -0.2) is 51.4 Å². The lowest BCUT2D eigenvalue weighted by molar-refractivity contribution is 0.190. The second kappa shape index (κ2) is 8.95. The summed E-state index contributed by atoms with van der Waals surface area (Å²) in [5.41, 5.74) is 2.65. The third-order valence-corrected chi connectivity index (χ3v) is 4.99. The van der Waals surface area contributed by atoms with Crippen LogP contribution >= 0.6 is 0 Å². The van der Waals surface area contributed by atoms with E-state index in [0.717, 1.165) is 11.5 Å². The highest BCUT2D eigenvalue weighted by Crippen LogP contribution is 2.31. The van der Waals surface area contributed by atoms with Crippen molar-refractivity contribution in [3.63, 3.8) is 0 Å². The average molecular weight is 432 g/mol. The van der Waals surface area contributed by atoms with E-state index < -0.39 is 0 Å². The Labute approximate surface area is 185 Å². The third-order valence-electron chi connectivity index (χ3n) is 4.99. The van der Waals surface area contributed by atoms with E-state index in [1.165, 1.54) is 0 Å². The molecule has 0 aliphatic carbocycles. The monoisotopic (exact) mass is 432 g/mol. The molecular weight excluding hydrogens is 408 g/mol. The van der Waals surface area contributed by atoms with Crippen molar-refractivity contribution < 1.29 is 9.47 Å². The van der Waals surface area contributed by atoms with Crippen LogP contribution in [0.1, 0.15) is 18.3 Å². The summed E-state index contributed by atoms with van der Waals surface area (Å²) < 4.78 is 12.8. The summed E-state index contributed by atoms with van der Waals surface area (Å²) in [7, 11) is 3.25. The summed E-state index contributed by atoms with van der Waals surface area (Å²) in [6.45, 7) is 4.40. The minimum atomic E-state index is -0.0142. The molecule has 0 fully saturated rings. The maximum atomic E-state index is 9.47. The van der Waals surface area contributed by atoms with Gasteiger partial charge < -0.3 is 29.7 Å². The van der Waals surface area contributed by atoms with Crippen LogP contribution < -0.4 is 15.4 Å². The second-order valence-corrected chi connectivity index (χ2v) is 7.29. The zero-order chi connectivity index (χ0) is 22.7. The molecule has 0 aliphatic heterocycles. The van der Waals surface area contributed by atoms with Crippen LogP contribution in [0.4, 0.5) is 17.5 Å². The van der Waals surface area contributed by atoms with E-state index in [1.54, 1.807) is 26.6 Å². The summed E-state index contributed by atoms with van der Waals surface area (Å²) in [4.78, 5) is 16.5. The summed E-state index contributed by atoms with van der Waals surface area (Å²) in [6, 6.07) is 7.94. The molecule has 0 amide bonds. The number of imidazole rings is 1. The number of nitrogens with one attached hydrogen (secondary N) is 3. The molecule has 3 N–H and O–H groups in total. The number of ether oxygens (including phenoxy) is 2. The molecule has 164 valence electrons. The van der Waals surface area contributed by atoms with Gasteiger partial charge in [-0.2, -0.15) is 15.2 Å². The number of hydrogen-bond donors (Lipinski definition) is 3. The highest BCUT2D eigenvalue weighted by Gasteiger charge is 2.17. The number of H-pyrrole nitrogens is 1. The van der Waals surface area contributed by atoms with Crippen molar-refractivity contribution in [3.8, 4) is 17.5 Å². The molecule has 0 radical (unpaired) electrons. The van der Waals surface area contributed by atoms with Gasteiger partial charge in [0.05, 0.1) is 36.0 Å². The van der Waals surface area contributed by atoms with Crippen LogP contribution in [0.25, 0.3) is 16.7 Å². The topological polar surface area (TPSA) is 126 Å². The second-order valence-electron chi connectivity index (χ2n) is 7.29. The lowest BCUT2D eigenvalue weighted by Crippen LogP contribution is -2.22. The van der Waals surface area contributed by atoms with Crippen LogP contribution in [0.15, 0.2) is 36.8 Å².